The van der Waals surface area contributed by atoms with Crippen LogP contribution in [0.25, 0.3) is 0 Å². The van der Waals surface area contributed by atoms with E-state index in [1.807, 2.05) is 6.08 Å². The highest BCUT2D eigenvalue weighted by Gasteiger charge is 2.27. The highest BCUT2D eigenvalue weighted by Crippen LogP contribution is 2.37. The second kappa shape index (κ2) is 5.69. The summed E-state index contributed by atoms with van der Waals surface area (Å²) in [5.41, 5.74) is 0.0187. The Morgan fingerprint density at radius 3 is 2.87 bits per heavy atom. The summed E-state index contributed by atoms with van der Waals surface area (Å²) in [5.74, 6) is 0.527. The van der Waals surface area contributed by atoms with Crippen LogP contribution in [0.1, 0.15) is 33.1 Å². The number of unbranched alkanes of at least 4 members (excludes halogenated alkanes) is 1. The molecule has 0 saturated heterocycles. The molecule has 1 heteroatoms. The molecule has 0 spiro atoms. The van der Waals surface area contributed by atoms with E-state index in [1.165, 1.54) is 19.3 Å². The van der Waals surface area contributed by atoms with Gasteiger partial charge in [-0.05, 0) is 18.4 Å². The fraction of sp³-hybridized carbons (Fsp3) is 0.500. The van der Waals surface area contributed by atoms with Crippen molar-refractivity contribution < 1.29 is 4.79 Å². The number of allylic oxidation sites excluding steroid dienone is 6. The molecule has 0 heterocycles. The molecule has 1 aliphatic rings. The lowest BCUT2D eigenvalue weighted by Gasteiger charge is -2.32. The predicted molar refractivity (Wildman–Crippen MR) is 64.6 cm³/mol. The Morgan fingerprint density at radius 1 is 1.40 bits per heavy atom. The van der Waals surface area contributed by atoms with Gasteiger partial charge in [0, 0.05) is 5.41 Å². The van der Waals surface area contributed by atoms with Crippen LogP contribution in [0.2, 0.25) is 0 Å². The van der Waals surface area contributed by atoms with Crippen LogP contribution in [0.3, 0.4) is 0 Å². The van der Waals surface area contributed by atoms with E-state index in [-0.39, 0.29) is 5.41 Å². The van der Waals surface area contributed by atoms with Gasteiger partial charge in [-0.15, -0.1) is 0 Å². The molecule has 0 saturated carbocycles. The highest BCUT2D eigenvalue weighted by atomic mass is 16.1. The topological polar surface area (TPSA) is 17.1 Å². The zero-order valence-corrected chi connectivity index (χ0v) is 9.65. The van der Waals surface area contributed by atoms with Gasteiger partial charge in [0.25, 0.3) is 0 Å². The van der Waals surface area contributed by atoms with E-state index in [4.69, 9.17) is 0 Å². The van der Waals surface area contributed by atoms with Gasteiger partial charge in [0.15, 0.2) is 0 Å². The van der Waals surface area contributed by atoms with E-state index in [0.717, 1.165) is 6.29 Å². The summed E-state index contributed by atoms with van der Waals surface area (Å²) in [4.78, 5) is 10.4. The fourth-order valence-corrected chi connectivity index (χ4v) is 2.05. The van der Waals surface area contributed by atoms with E-state index in [0.29, 0.717) is 5.92 Å². The fourth-order valence-electron chi connectivity index (χ4n) is 2.05. The van der Waals surface area contributed by atoms with Gasteiger partial charge in [-0.2, -0.15) is 0 Å². The first-order valence-electron chi connectivity index (χ1n) is 5.72. The average molecular weight is 204 g/mol. The molecule has 0 radical (unpaired) electrons. The Hall–Kier alpha value is -1.11. The first-order valence-corrected chi connectivity index (χ1v) is 5.72. The first kappa shape index (κ1) is 12.0. The molecule has 1 aliphatic carbocycles. The Balaban J connectivity index is 2.73. The van der Waals surface area contributed by atoms with Crippen LogP contribution >= 0.6 is 0 Å². The summed E-state index contributed by atoms with van der Waals surface area (Å²) >= 11 is 0. The van der Waals surface area contributed by atoms with Gasteiger partial charge in [-0.3, -0.25) is 4.79 Å². The monoisotopic (exact) mass is 204 g/mol. The Labute approximate surface area is 92.6 Å². The summed E-state index contributed by atoms with van der Waals surface area (Å²) in [6.45, 7) is 4.40. The second-order valence-corrected chi connectivity index (χ2v) is 4.35. The third-order valence-corrected chi connectivity index (χ3v) is 3.11. The van der Waals surface area contributed by atoms with E-state index in [2.05, 4.69) is 38.2 Å². The van der Waals surface area contributed by atoms with Crippen LogP contribution < -0.4 is 0 Å². The van der Waals surface area contributed by atoms with Crippen molar-refractivity contribution in [3.8, 4) is 0 Å². The number of rotatable bonds is 5. The maximum absolute atomic E-state index is 10.4. The number of hydrogen-bond donors (Lipinski definition) is 0. The lowest BCUT2D eigenvalue weighted by atomic mass is 9.72. The number of carbonyl (C=O) groups is 1. The average Bonchev–Trinajstić information content (AvgIpc) is 2.25. The van der Waals surface area contributed by atoms with Crippen molar-refractivity contribution in [2.75, 3.05) is 0 Å². The van der Waals surface area contributed by atoms with Crippen LogP contribution in [-0.2, 0) is 4.79 Å². The summed E-state index contributed by atoms with van der Waals surface area (Å²) in [6.07, 6.45) is 16.8. The summed E-state index contributed by atoms with van der Waals surface area (Å²) < 4.78 is 0. The molecule has 2 atom stereocenters. The molecule has 0 fully saturated rings. The number of carbonyl (C=O) groups excluding carboxylic acids is 1. The molecule has 0 aromatic carbocycles. The molecular weight excluding hydrogens is 184 g/mol. The van der Waals surface area contributed by atoms with E-state index in [1.54, 1.807) is 6.08 Å². The van der Waals surface area contributed by atoms with Crippen molar-refractivity contribution >= 4 is 6.29 Å². The maximum Gasteiger partial charge on any atom is 0.142 e. The van der Waals surface area contributed by atoms with Gasteiger partial charge in [0.05, 0.1) is 0 Å². The zero-order valence-electron chi connectivity index (χ0n) is 9.65. The smallest absolute Gasteiger partial charge is 0.142 e. The second-order valence-electron chi connectivity index (χ2n) is 4.35. The Bertz CT molecular complexity index is 286. The van der Waals surface area contributed by atoms with Crippen LogP contribution in [0.15, 0.2) is 36.5 Å². The van der Waals surface area contributed by atoms with Crippen molar-refractivity contribution in [1.29, 1.82) is 0 Å². The van der Waals surface area contributed by atoms with E-state index < -0.39 is 0 Å². The normalized spacial score (nSPS) is 29.9. The Kier molecular flexibility index (Phi) is 4.54. The van der Waals surface area contributed by atoms with Crippen LogP contribution in [0.4, 0.5) is 0 Å². The Morgan fingerprint density at radius 2 is 2.20 bits per heavy atom. The van der Waals surface area contributed by atoms with Gasteiger partial charge in [0.1, 0.15) is 6.29 Å². The van der Waals surface area contributed by atoms with Gasteiger partial charge in [-0.1, -0.05) is 57.1 Å². The first-order chi connectivity index (χ1) is 7.23. The van der Waals surface area contributed by atoms with Crippen molar-refractivity contribution in [1.82, 2.24) is 0 Å². The van der Waals surface area contributed by atoms with Crippen molar-refractivity contribution in [3.05, 3.63) is 36.5 Å². The number of hydrogen-bond acceptors (Lipinski definition) is 1. The zero-order chi connectivity index (χ0) is 11.1. The molecule has 0 aromatic heterocycles. The minimum atomic E-state index is 0.0187. The summed E-state index contributed by atoms with van der Waals surface area (Å²) in [5, 5.41) is 0. The molecule has 0 aliphatic heterocycles. The quantitative estimate of drug-likeness (QED) is 0.493. The predicted octanol–water partition coefficient (Wildman–Crippen LogP) is 3.68. The molecular formula is C14H20O. The van der Waals surface area contributed by atoms with Crippen LogP contribution in [0, 0.1) is 11.3 Å². The molecule has 0 amide bonds. The van der Waals surface area contributed by atoms with Gasteiger partial charge >= 0.3 is 0 Å². The van der Waals surface area contributed by atoms with E-state index >= 15 is 0 Å². The largest absolute Gasteiger partial charge is 0.299 e. The molecule has 1 nitrogen and oxygen atoms in total. The SMILES string of the molecule is CCCCC1C=CC=CC1(C)/C=C/C=O. The summed E-state index contributed by atoms with van der Waals surface area (Å²) in [7, 11) is 0. The molecule has 82 valence electrons. The van der Waals surface area contributed by atoms with Gasteiger partial charge in [-0.25, -0.2) is 0 Å². The number of aldehydes is 1. The molecule has 0 bridgehead atoms. The lowest BCUT2D eigenvalue weighted by Crippen LogP contribution is -2.23. The maximum atomic E-state index is 10.4. The minimum absolute atomic E-state index is 0.0187. The van der Waals surface area contributed by atoms with Gasteiger partial charge in [0.2, 0.25) is 0 Å². The third kappa shape index (κ3) is 3.19. The van der Waals surface area contributed by atoms with Crippen molar-refractivity contribution in [2.24, 2.45) is 11.3 Å². The van der Waals surface area contributed by atoms with E-state index in [9.17, 15) is 4.79 Å². The molecule has 0 N–H and O–H groups in total. The van der Waals surface area contributed by atoms with Crippen molar-refractivity contribution in [3.63, 3.8) is 0 Å². The molecule has 15 heavy (non-hydrogen) atoms. The standard InChI is InChI=1S/C14H20O/c1-3-4-8-13-9-5-6-10-14(13,2)11-7-12-15/h5-7,9-13H,3-4,8H2,1-2H3/b11-7+. The minimum Gasteiger partial charge on any atom is -0.299 e. The van der Waals surface area contributed by atoms with Crippen molar-refractivity contribution in [2.45, 2.75) is 33.1 Å². The third-order valence-electron chi connectivity index (χ3n) is 3.11. The van der Waals surface area contributed by atoms with Gasteiger partial charge < -0.3 is 0 Å². The molecule has 0 aromatic rings. The van der Waals surface area contributed by atoms with Crippen LogP contribution in [0.5, 0.6) is 0 Å². The molecule has 2 unspecified atom stereocenters. The summed E-state index contributed by atoms with van der Waals surface area (Å²) in [6, 6.07) is 0. The lowest BCUT2D eigenvalue weighted by molar-refractivity contribution is -0.104. The molecule has 1 rings (SSSR count). The highest BCUT2D eigenvalue weighted by molar-refractivity contribution is 5.65. The van der Waals surface area contributed by atoms with Crippen LogP contribution in [-0.4, -0.2) is 6.29 Å².